The van der Waals surface area contributed by atoms with Crippen LogP contribution in [-0.2, 0) is 10.0 Å². The molecule has 1 saturated heterocycles. The Bertz CT molecular complexity index is 643. The van der Waals surface area contributed by atoms with Crippen LogP contribution in [0.1, 0.15) is 47.8 Å². The number of amides is 1. The molecule has 0 radical (unpaired) electrons. The Morgan fingerprint density at radius 2 is 2.05 bits per heavy atom. The smallest absolute Gasteiger partial charge is 0.273 e. The summed E-state index contributed by atoms with van der Waals surface area (Å²) in [6.07, 6.45) is 4.97. The summed E-state index contributed by atoms with van der Waals surface area (Å²) in [5.41, 5.74) is 0.329. The van der Waals surface area contributed by atoms with E-state index >= 15 is 0 Å². The van der Waals surface area contributed by atoms with Gasteiger partial charge >= 0.3 is 0 Å². The number of nitrogens with one attached hydrogen (secondary N) is 1. The molecule has 1 aromatic rings. The van der Waals surface area contributed by atoms with Crippen LogP contribution in [0.3, 0.4) is 0 Å². The number of sulfonamides is 1. The van der Waals surface area contributed by atoms with Gasteiger partial charge in [0.1, 0.15) is 5.76 Å². The van der Waals surface area contributed by atoms with Crippen LogP contribution >= 0.6 is 0 Å². The Kier molecular flexibility index (Phi) is 4.22. The largest absolute Gasteiger partial charge is 0.360 e. The second-order valence-corrected chi connectivity index (χ2v) is 8.19. The van der Waals surface area contributed by atoms with E-state index in [0.717, 1.165) is 31.4 Å². The van der Waals surface area contributed by atoms with Gasteiger partial charge in [0.25, 0.3) is 5.91 Å². The molecule has 1 saturated carbocycles. The lowest BCUT2D eigenvalue weighted by Gasteiger charge is -2.30. The molecule has 0 spiro atoms. The molecule has 0 unspecified atom stereocenters. The third-order valence-electron chi connectivity index (χ3n) is 4.33. The van der Waals surface area contributed by atoms with Gasteiger partial charge in [-0.25, -0.2) is 12.7 Å². The summed E-state index contributed by atoms with van der Waals surface area (Å²) in [6.45, 7) is 1.59. The van der Waals surface area contributed by atoms with Crippen molar-refractivity contribution in [2.45, 2.75) is 31.6 Å². The maximum atomic E-state index is 12.0. The summed E-state index contributed by atoms with van der Waals surface area (Å²) in [5, 5.41) is 6.68. The number of aromatic nitrogens is 1. The van der Waals surface area contributed by atoms with Crippen LogP contribution in [0, 0.1) is 5.92 Å². The van der Waals surface area contributed by atoms with Gasteiger partial charge in [-0.2, -0.15) is 0 Å². The van der Waals surface area contributed by atoms with Gasteiger partial charge < -0.3 is 9.84 Å². The highest BCUT2D eigenvalue weighted by Gasteiger charge is 2.29. The Balaban J connectivity index is 1.45. The fourth-order valence-corrected chi connectivity index (χ4v) is 3.60. The first-order chi connectivity index (χ1) is 10.4. The summed E-state index contributed by atoms with van der Waals surface area (Å²) in [5.74, 6) is 1.32. The van der Waals surface area contributed by atoms with E-state index in [4.69, 9.17) is 4.52 Å². The normalized spacial score (nSPS) is 21.0. The highest BCUT2D eigenvalue weighted by atomic mass is 32.2. The Morgan fingerprint density at radius 3 is 2.64 bits per heavy atom. The van der Waals surface area contributed by atoms with Crippen molar-refractivity contribution in [2.24, 2.45) is 5.92 Å². The number of carbonyl (C=O) groups excluding carboxylic acids is 1. The maximum absolute atomic E-state index is 12.0. The number of nitrogens with zero attached hydrogens (tertiary/aromatic N) is 2. The Morgan fingerprint density at radius 1 is 1.36 bits per heavy atom. The van der Waals surface area contributed by atoms with Crippen LogP contribution in [0.5, 0.6) is 0 Å². The van der Waals surface area contributed by atoms with Crippen LogP contribution in [-0.4, -0.2) is 49.7 Å². The van der Waals surface area contributed by atoms with E-state index in [9.17, 15) is 13.2 Å². The van der Waals surface area contributed by atoms with Crippen molar-refractivity contribution in [1.29, 1.82) is 0 Å². The lowest BCUT2D eigenvalue weighted by molar-refractivity contribution is 0.0932. The third-order valence-corrected chi connectivity index (χ3v) is 5.64. The molecule has 2 aliphatic rings. The molecule has 8 heteroatoms. The van der Waals surface area contributed by atoms with Crippen LogP contribution in [0.2, 0.25) is 0 Å². The monoisotopic (exact) mass is 327 g/mol. The molecule has 1 aliphatic heterocycles. The molecule has 2 heterocycles. The summed E-state index contributed by atoms with van der Waals surface area (Å²) >= 11 is 0. The lowest BCUT2D eigenvalue weighted by atomic mass is 9.98. The van der Waals surface area contributed by atoms with Crippen LogP contribution in [0.15, 0.2) is 10.6 Å². The molecule has 22 heavy (non-hydrogen) atoms. The topological polar surface area (TPSA) is 92.5 Å². The molecule has 122 valence electrons. The Hall–Kier alpha value is -1.41. The van der Waals surface area contributed by atoms with Gasteiger partial charge in [0.15, 0.2) is 5.69 Å². The SMILES string of the molecule is CS(=O)(=O)N1CCC(CNC(=O)c2cc(C3CC3)on2)CC1. The molecule has 2 fully saturated rings. The lowest BCUT2D eigenvalue weighted by Crippen LogP contribution is -2.41. The molecule has 0 bridgehead atoms. The average molecular weight is 327 g/mol. The van der Waals surface area contributed by atoms with Crippen LogP contribution in [0.25, 0.3) is 0 Å². The van der Waals surface area contributed by atoms with Gasteiger partial charge in [-0.1, -0.05) is 5.16 Å². The van der Waals surface area contributed by atoms with E-state index in [0.29, 0.717) is 37.2 Å². The Labute approximate surface area is 130 Å². The van der Waals surface area contributed by atoms with Crippen LogP contribution < -0.4 is 5.32 Å². The van der Waals surface area contributed by atoms with Crippen molar-refractivity contribution in [3.05, 3.63) is 17.5 Å². The van der Waals surface area contributed by atoms with Crippen molar-refractivity contribution < 1.29 is 17.7 Å². The average Bonchev–Trinajstić information content (AvgIpc) is 3.22. The number of rotatable bonds is 5. The van der Waals surface area contributed by atoms with Crippen molar-refractivity contribution in [2.75, 3.05) is 25.9 Å². The van der Waals surface area contributed by atoms with Crippen molar-refractivity contribution >= 4 is 15.9 Å². The number of piperidine rings is 1. The molecule has 1 amide bonds. The first kappa shape index (κ1) is 15.5. The first-order valence-corrected chi connectivity index (χ1v) is 9.48. The predicted octanol–water partition coefficient (Wildman–Crippen LogP) is 0.953. The highest BCUT2D eigenvalue weighted by Crippen LogP contribution is 2.40. The van der Waals surface area contributed by atoms with Crippen molar-refractivity contribution in [1.82, 2.24) is 14.8 Å². The summed E-state index contributed by atoms with van der Waals surface area (Å²) in [6, 6.07) is 1.72. The van der Waals surface area contributed by atoms with E-state index in [1.54, 1.807) is 6.07 Å². The maximum Gasteiger partial charge on any atom is 0.273 e. The fraction of sp³-hybridized carbons (Fsp3) is 0.714. The second kappa shape index (κ2) is 6.00. The first-order valence-electron chi connectivity index (χ1n) is 7.63. The minimum atomic E-state index is -3.10. The van der Waals surface area contributed by atoms with Gasteiger partial charge in [0.2, 0.25) is 10.0 Å². The zero-order chi connectivity index (χ0) is 15.7. The molecule has 3 rings (SSSR count). The minimum absolute atomic E-state index is 0.221. The van der Waals surface area contributed by atoms with Crippen LogP contribution in [0.4, 0.5) is 0 Å². The van der Waals surface area contributed by atoms with E-state index in [1.807, 2.05) is 0 Å². The summed E-state index contributed by atoms with van der Waals surface area (Å²) in [7, 11) is -3.10. The molecular formula is C14H21N3O4S. The third kappa shape index (κ3) is 3.67. The molecular weight excluding hydrogens is 306 g/mol. The molecule has 0 aromatic carbocycles. The predicted molar refractivity (Wildman–Crippen MR) is 80.0 cm³/mol. The number of hydrogen-bond acceptors (Lipinski definition) is 5. The minimum Gasteiger partial charge on any atom is -0.360 e. The molecule has 1 aliphatic carbocycles. The summed E-state index contributed by atoms with van der Waals surface area (Å²) in [4.78, 5) is 12.0. The molecule has 1 N–H and O–H groups in total. The highest BCUT2D eigenvalue weighted by molar-refractivity contribution is 7.88. The zero-order valence-corrected chi connectivity index (χ0v) is 13.4. The van der Waals surface area contributed by atoms with E-state index in [1.165, 1.54) is 10.6 Å². The number of carbonyl (C=O) groups is 1. The second-order valence-electron chi connectivity index (χ2n) is 6.20. The summed E-state index contributed by atoms with van der Waals surface area (Å²) < 4.78 is 29.5. The quantitative estimate of drug-likeness (QED) is 0.869. The number of hydrogen-bond donors (Lipinski definition) is 1. The zero-order valence-electron chi connectivity index (χ0n) is 12.6. The fourth-order valence-electron chi connectivity index (χ4n) is 2.73. The van der Waals surface area contributed by atoms with Gasteiger partial charge in [0.05, 0.1) is 6.26 Å². The van der Waals surface area contributed by atoms with Crippen molar-refractivity contribution in [3.63, 3.8) is 0 Å². The van der Waals surface area contributed by atoms with E-state index in [-0.39, 0.29) is 5.91 Å². The van der Waals surface area contributed by atoms with E-state index in [2.05, 4.69) is 10.5 Å². The standard InChI is InChI=1S/C14H21N3O4S/c1-22(19,20)17-6-4-10(5-7-17)9-15-14(18)12-8-13(21-16-12)11-2-3-11/h8,10-11H,2-7,9H2,1H3,(H,15,18). The van der Waals surface area contributed by atoms with Gasteiger partial charge in [-0.05, 0) is 31.6 Å². The molecule has 0 atom stereocenters. The molecule has 7 nitrogen and oxygen atoms in total. The van der Waals surface area contributed by atoms with Gasteiger partial charge in [-0.3, -0.25) is 4.79 Å². The van der Waals surface area contributed by atoms with Gasteiger partial charge in [0, 0.05) is 31.6 Å². The van der Waals surface area contributed by atoms with Crippen molar-refractivity contribution in [3.8, 4) is 0 Å². The van der Waals surface area contributed by atoms with E-state index < -0.39 is 10.0 Å². The molecule has 1 aromatic heterocycles. The van der Waals surface area contributed by atoms with Gasteiger partial charge in [-0.15, -0.1) is 0 Å².